The molecule has 0 aromatic carbocycles. The molecule has 8 atom stereocenters. The Balaban J connectivity index is 0.000000668. The van der Waals surface area contributed by atoms with E-state index >= 15 is 0 Å². The van der Waals surface area contributed by atoms with Crippen LogP contribution >= 0.6 is 0 Å². The third kappa shape index (κ3) is 5.34. The number of fused-ring (bicyclic) bond motifs is 5. The van der Waals surface area contributed by atoms with Crippen LogP contribution in [-0.4, -0.2) is 11.2 Å². The van der Waals surface area contributed by atoms with Crippen molar-refractivity contribution in [3.63, 3.8) is 0 Å². The van der Waals surface area contributed by atoms with Crippen molar-refractivity contribution in [2.24, 2.45) is 52.3 Å². The lowest BCUT2D eigenvalue weighted by atomic mass is 9.47. The maximum absolute atomic E-state index is 10.2. The second kappa shape index (κ2) is 10.5. The van der Waals surface area contributed by atoms with Gasteiger partial charge in [-0.1, -0.05) is 86.3 Å². The minimum atomic E-state index is -0.0766. The highest BCUT2D eigenvalue weighted by Crippen LogP contribution is 2.67. The quantitative estimate of drug-likeness (QED) is 0.419. The smallest absolute Gasteiger partial charge is 0.0577 e. The van der Waals surface area contributed by atoms with E-state index in [0.29, 0.717) is 10.8 Å². The van der Waals surface area contributed by atoms with E-state index < -0.39 is 0 Å². The number of hydrogen-bond donors (Lipinski definition) is 1. The molecule has 0 aromatic rings. The van der Waals surface area contributed by atoms with Crippen LogP contribution in [-0.2, 0) is 0 Å². The summed E-state index contributed by atoms with van der Waals surface area (Å²) in [6.07, 6.45) is 17.2. The van der Waals surface area contributed by atoms with Crippen LogP contribution in [0.2, 0.25) is 0 Å². The lowest BCUT2D eigenvalue weighted by Crippen LogP contribution is -2.50. The topological polar surface area (TPSA) is 20.2 Å². The van der Waals surface area contributed by atoms with Crippen LogP contribution in [0.4, 0.5) is 0 Å². The Kier molecular flexibility index (Phi) is 8.66. The summed E-state index contributed by atoms with van der Waals surface area (Å²) in [6, 6.07) is 0. The van der Waals surface area contributed by atoms with Crippen molar-refractivity contribution in [1.29, 1.82) is 0 Å². The molecule has 3 saturated carbocycles. The van der Waals surface area contributed by atoms with Gasteiger partial charge in [-0.05, 0) is 104 Å². The minimum Gasteiger partial charge on any atom is -0.393 e. The molecule has 0 unspecified atom stereocenters. The van der Waals surface area contributed by atoms with Crippen molar-refractivity contribution in [2.75, 3.05) is 0 Å². The Morgan fingerprint density at radius 2 is 1.59 bits per heavy atom. The van der Waals surface area contributed by atoms with Gasteiger partial charge in [0.15, 0.2) is 0 Å². The molecular weight excluding hydrogens is 388 g/mol. The van der Waals surface area contributed by atoms with Crippen LogP contribution in [0.3, 0.4) is 0 Å². The first-order valence-electron chi connectivity index (χ1n) is 14.4. The van der Waals surface area contributed by atoms with Crippen molar-refractivity contribution >= 4 is 0 Å². The molecule has 4 rings (SSSR count). The highest BCUT2D eigenvalue weighted by atomic mass is 16.3. The maximum Gasteiger partial charge on any atom is 0.0577 e. The maximum atomic E-state index is 10.2. The first kappa shape index (κ1) is 26.3. The van der Waals surface area contributed by atoms with Gasteiger partial charge in [-0.2, -0.15) is 0 Å². The standard InChI is InChI=1S/C27H46O.C4H10/c1-18(2)7-6-8-19(3)23-11-12-24-22-10-9-20-17-21(28)13-15-26(20,4)25(22)14-16-27(23,24)5;1-4(2)3/h9,18-19,21-25,28H,6-8,10-17H2,1-5H3;4H,1-3H3/t19-,21+,22+,23-,24+,25+,26+,27-;/m1./s1. The van der Waals surface area contributed by atoms with Crippen LogP contribution in [0.5, 0.6) is 0 Å². The summed E-state index contributed by atoms with van der Waals surface area (Å²) >= 11 is 0. The Bertz CT molecular complexity index is 630. The first-order valence-corrected chi connectivity index (χ1v) is 14.4. The molecule has 0 aliphatic heterocycles. The SMILES string of the molecule is CC(C)C.CC(C)CCC[C@@H](C)[C@H]1CC[C@H]2[C@@H]3CC=C4C[C@@H](O)CC[C@]4(C)[C@H]3CC[C@]12C. The van der Waals surface area contributed by atoms with E-state index in [1.807, 2.05) is 0 Å². The molecule has 186 valence electrons. The third-order valence-electron chi connectivity index (χ3n) is 10.3. The number of aliphatic hydroxyl groups excluding tert-OH is 1. The molecule has 0 heterocycles. The van der Waals surface area contributed by atoms with Gasteiger partial charge in [-0.15, -0.1) is 0 Å². The van der Waals surface area contributed by atoms with E-state index in [2.05, 4.69) is 61.5 Å². The Morgan fingerprint density at radius 3 is 2.25 bits per heavy atom. The molecule has 32 heavy (non-hydrogen) atoms. The van der Waals surface area contributed by atoms with Crippen molar-refractivity contribution in [3.8, 4) is 0 Å². The molecule has 1 N–H and O–H groups in total. The predicted molar refractivity (Wildman–Crippen MR) is 140 cm³/mol. The van der Waals surface area contributed by atoms with Gasteiger partial charge in [0.1, 0.15) is 0 Å². The molecule has 0 amide bonds. The van der Waals surface area contributed by atoms with E-state index in [-0.39, 0.29) is 6.10 Å². The summed E-state index contributed by atoms with van der Waals surface area (Å²) in [4.78, 5) is 0. The van der Waals surface area contributed by atoms with Gasteiger partial charge in [0.05, 0.1) is 6.10 Å². The van der Waals surface area contributed by atoms with Crippen molar-refractivity contribution in [3.05, 3.63) is 11.6 Å². The predicted octanol–water partition coefficient (Wildman–Crippen LogP) is 9.05. The molecule has 0 aromatic heterocycles. The summed E-state index contributed by atoms with van der Waals surface area (Å²) in [5.74, 6) is 6.29. The van der Waals surface area contributed by atoms with Gasteiger partial charge < -0.3 is 5.11 Å². The van der Waals surface area contributed by atoms with E-state index in [1.54, 1.807) is 5.57 Å². The largest absolute Gasteiger partial charge is 0.393 e. The number of allylic oxidation sites excluding steroid dienone is 1. The molecule has 0 bridgehead atoms. The molecule has 3 fully saturated rings. The molecule has 4 aliphatic carbocycles. The van der Waals surface area contributed by atoms with Gasteiger partial charge in [-0.25, -0.2) is 0 Å². The summed E-state index contributed by atoms with van der Waals surface area (Å²) in [5, 5.41) is 10.2. The van der Waals surface area contributed by atoms with Gasteiger partial charge >= 0.3 is 0 Å². The van der Waals surface area contributed by atoms with E-state index in [4.69, 9.17) is 0 Å². The zero-order chi connectivity index (χ0) is 23.7. The van der Waals surface area contributed by atoms with Crippen molar-refractivity contribution in [2.45, 2.75) is 132 Å². The fourth-order valence-electron chi connectivity index (χ4n) is 8.67. The number of hydrogen-bond acceptors (Lipinski definition) is 1. The normalized spacial score (nSPS) is 41.8. The Morgan fingerprint density at radius 1 is 0.906 bits per heavy atom. The average Bonchev–Trinajstić information content (AvgIpc) is 3.05. The van der Waals surface area contributed by atoms with Crippen LogP contribution < -0.4 is 0 Å². The summed E-state index contributed by atoms with van der Waals surface area (Å²) in [7, 11) is 0. The Hall–Kier alpha value is -0.300. The van der Waals surface area contributed by atoms with Crippen LogP contribution in [0, 0.1) is 52.3 Å². The molecule has 0 radical (unpaired) electrons. The number of rotatable bonds is 5. The van der Waals surface area contributed by atoms with Gasteiger partial charge in [0.2, 0.25) is 0 Å². The van der Waals surface area contributed by atoms with E-state index in [0.717, 1.165) is 54.3 Å². The van der Waals surface area contributed by atoms with Gasteiger partial charge in [-0.3, -0.25) is 0 Å². The molecule has 1 heteroatoms. The fourth-order valence-corrected chi connectivity index (χ4v) is 8.67. The molecule has 1 nitrogen and oxygen atoms in total. The highest BCUT2D eigenvalue weighted by Gasteiger charge is 2.59. The zero-order valence-electron chi connectivity index (χ0n) is 22.9. The fraction of sp³-hybridized carbons (Fsp3) is 0.935. The van der Waals surface area contributed by atoms with Crippen LogP contribution in [0.15, 0.2) is 11.6 Å². The average molecular weight is 445 g/mol. The number of aliphatic hydroxyl groups is 1. The molecule has 0 saturated heterocycles. The van der Waals surface area contributed by atoms with E-state index in [9.17, 15) is 5.11 Å². The summed E-state index contributed by atoms with van der Waals surface area (Å²) in [6.45, 7) is 19.1. The molecule has 0 spiro atoms. The monoisotopic (exact) mass is 444 g/mol. The molecular formula is C31H56O. The lowest BCUT2D eigenvalue weighted by Gasteiger charge is -2.58. The molecule has 4 aliphatic rings. The lowest BCUT2D eigenvalue weighted by molar-refractivity contribution is -0.0573. The van der Waals surface area contributed by atoms with Gasteiger partial charge in [0.25, 0.3) is 0 Å². The second-order valence-electron chi connectivity index (χ2n) is 13.9. The minimum absolute atomic E-state index is 0.0766. The highest BCUT2D eigenvalue weighted by molar-refractivity contribution is 5.25. The van der Waals surface area contributed by atoms with Crippen LogP contribution in [0.25, 0.3) is 0 Å². The Labute approximate surface area is 201 Å². The first-order chi connectivity index (χ1) is 15.0. The van der Waals surface area contributed by atoms with Crippen molar-refractivity contribution < 1.29 is 5.11 Å². The van der Waals surface area contributed by atoms with Gasteiger partial charge in [0, 0.05) is 0 Å². The third-order valence-corrected chi connectivity index (χ3v) is 10.3. The summed E-state index contributed by atoms with van der Waals surface area (Å²) < 4.78 is 0. The zero-order valence-corrected chi connectivity index (χ0v) is 22.9. The second-order valence-corrected chi connectivity index (χ2v) is 13.9. The van der Waals surface area contributed by atoms with Crippen LogP contribution in [0.1, 0.15) is 126 Å². The summed E-state index contributed by atoms with van der Waals surface area (Å²) in [5.41, 5.74) is 2.60. The van der Waals surface area contributed by atoms with E-state index in [1.165, 1.54) is 57.8 Å². The van der Waals surface area contributed by atoms with Crippen molar-refractivity contribution in [1.82, 2.24) is 0 Å².